The lowest BCUT2D eigenvalue weighted by Gasteiger charge is -2.05. The van der Waals surface area contributed by atoms with E-state index in [0.29, 0.717) is 16.7 Å². The molecule has 0 saturated carbocycles. The highest BCUT2D eigenvalue weighted by molar-refractivity contribution is 5.91. The summed E-state index contributed by atoms with van der Waals surface area (Å²) in [6.07, 6.45) is 0. The van der Waals surface area contributed by atoms with Crippen LogP contribution in [0.25, 0.3) is 16.7 Å². The summed E-state index contributed by atoms with van der Waals surface area (Å²) in [6, 6.07) is 3.66. The molecule has 0 unspecified atom stereocenters. The number of benzene rings is 1. The van der Waals surface area contributed by atoms with Crippen LogP contribution in [-0.2, 0) is 0 Å². The van der Waals surface area contributed by atoms with Gasteiger partial charge in [-0.2, -0.15) is 5.10 Å². The Kier molecular flexibility index (Phi) is 2.13. The zero-order valence-corrected chi connectivity index (χ0v) is 10.4. The average molecular weight is 243 g/mol. The van der Waals surface area contributed by atoms with Crippen LogP contribution in [0.2, 0.25) is 0 Å². The Balaban J connectivity index is 2.35. The first kappa shape index (κ1) is 10.8. The topological polar surface area (TPSA) is 82.8 Å². The minimum Gasteiger partial charge on any atom is -0.397 e. The second-order valence-electron chi connectivity index (χ2n) is 4.34. The van der Waals surface area contributed by atoms with Crippen molar-refractivity contribution in [1.82, 2.24) is 20.1 Å². The van der Waals surface area contributed by atoms with Crippen LogP contribution in [0.15, 0.2) is 16.8 Å². The molecular weight excluding hydrogens is 230 g/mol. The minimum atomic E-state index is 0.549. The van der Waals surface area contributed by atoms with Crippen molar-refractivity contribution >= 4 is 16.7 Å². The van der Waals surface area contributed by atoms with Gasteiger partial charge in [0.05, 0.1) is 17.1 Å². The van der Waals surface area contributed by atoms with E-state index >= 15 is 0 Å². The smallest absolute Gasteiger partial charge is 0.163 e. The summed E-state index contributed by atoms with van der Waals surface area (Å²) in [6.45, 7) is 6.04. The van der Waals surface area contributed by atoms with Gasteiger partial charge in [-0.25, -0.2) is 9.31 Å². The third-order valence-corrected chi connectivity index (χ3v) is 3.31. The number of hydrogen-bond donors (Lipinski definition) is 1. The molecule has 1 aromatic carbocycles. The number of fused-ring (bicyclic) bond motifs is 1. The first-order valence-corrected chi connectivity index (χ1v) is 5.63. The van der Waals surface area contributed by atoms with E-state index in [-0.39, 0.29) is 0 Å². The van der Waals surface area contributed by atoms with Crippen molar-refractivity contribution in [2.75, 3.05) is 5.73 Å². The highest BCUT2D eigenvalue weighted by atomic mass is 16.6. The van der Waals surface area contributed by atoms with Crippen LogP contribution in [0, 0.1) is 20.8 Å². The zero-order chi connectivity index (χ0) is 12.9. The SMILES string of the molecule is Cc1nn(-c2ccc(N)c3nonc23)c(C)c1C. The summed E-state index contributed by atoms with van der Waals surface area (Å²) in [4.78, 5) is 0. The highest BCUT2D eigenvalue weighted by Crippen LogP contribution is 2.26. The van der Waals surface area contributed by atoms with Crippen molar-refractivity contribution < 1.29 is 4.63 Å². The van der Waals surface area contributed by atoms with Gasteiger partial charge in [0.15, 0.2) is 11.0 Å². The lowest BCUT2D eigenvalue weighted by atomic mass is 10.2. The number of nitrogens with zero attached hydrogens (tertiary/aromatic N) is 4. The molecule has 0 aliphatic carbocycles. The standard InChI is InChI=1S/C12H13N5O/c1-6-7(2)14-17(8(6)3)10-5-4-9(13)11-12(10)16-18-15-11/h4-5H,13H2,1-3H3. The largest absolute Gasteiger partial charge is 0.397 e. The second kappa shape index (κ2) is 3.56. The van der Waals surface area contributed by atoms with Crippen LogP contribution in [0.1, 0.15) is 17.0 Å². The fourth-order valence-corrected chi connectivity index (χ4v) is 2.00. The molecule has 2 N–H and O–H groups in total. The van der Waals surface area contributed by atoms with Crippen LogP contribution in [0.5, 0.6) is 0 Å². The maximum Gasteiger partial charge on any atom is 0.163 e. The van der Waals surface area contributed by atoms with Gasteiger partial charge in [-0.05, 0) is 48.8 Å². The van der Waals surface area contributed by atoms with Crippen LogP contribution in [0.3, 0.4) is 0 Å². The molecule has 0 bridgehead atoms. The molecule has 3 rings (SSSR count). The summed E-state index contributed by atoms with van der Waals surface area (Å²) in [5.74, 6) is 0. The lowest BCUT2D eigenvalue weighted by molar-refractivity contribution is 0.315. The average Bonchev–Trinajstić information content (AvgIpc) is 2.92. The molecule has 18 heavy (non-hydrogen) atoms. The maximum absolute atomic E-state index is 5.83. The molecule has 0 atom stereocenters. The van der Waals surface area contributed by atoms with Crippen molar-refractivity contribution in [3.63, 3.8) is 0 Å². The van der Waals surface area contributed by atoms with Gasteiger partial charge in [0.1, 0.15) is 0 Å². The fourth-order valence-electron chi connectivity index (χ4n) is 2.00. The molecule has 2 aromatic heterocycles. The lowest BCUT2D eigenvalue weighted by Crippen LogP contribution is -2.01. The normalized spacial score (nSPS) is 11.3. The number of nitrogen functional groups attached to an aromatic ring is 1. The van der Waals surface area contributed by atoms with E-state index in [0.717, 1.165) is 22.6 Å². The monoisotopic (exact) mass is 243 g/mol. The van der Waals surface area contributed by atoms with Crippen LogP contribution < -0.4 is 5.73 Å². The van der Waals surface area contributed by atoms with Gasteiger partial charge in [0.25, 0.3) is 0 Å². The van der Waals surface area contributed by atoms with Crippen molar-refractivity contribution in [1.29, 1.82) is 0 Å². The van der Waals surface area contributed by atoms with Gasteiger partial charge in [-0.3, -0.25) is 0 Å². The van der Waals surface area contributed by atoms with Crippen molar-refractivity contribution in [3.8, 4) is 5.69 Å². The van der Waals surface area contributed by atoms with E-state index in [4.69, 9.17) is 10.4 Å². The molecule has 2 heterocycles. The molecule has 0 aliphatic heterocycles. The predicted molar refractivity (Wildman–Crippen MR) is 67.5 cm³/mol. The number of aryl methyl sites for hydroxylation is 1. The first-order valence-electron chi connectivity index (χ1n) is 5.63. The first-order chi connectivity index (χ1) is 8.59. The van der Waals surface area contributed by atoms with Gasteiger partial charge < -0.3 is 5.73 Å². The van der Waals surface area contributed by atoms with E-state index in [1.54, 1.807) is 6.07 Å². The Labute approximate surface area is 103 Å². The van der Waals surface area contributed by atoms with Crippen LogP contribution in [-0.4, -0.2) is 20.1 Å². The molecule has 6 nitrogen and oxygen atoms in total. The summed E-state index contributed by atoms with van der Waals surface area (Å²) >= 11 is 0. The predicted octanol–water partition coefficient (Wildman–Crippen LogP) is 1.92. The number of anilines is 1. The molecule has 6 heteroatoms. The summed E-state index contributed by atoms with van der Waals surface area (Å²) in [7, 11) is 0. The minimum absolute atomic E-state index is 0.549. The summed E-state index contributed by atoms with van der Waals surface area (Å²) < 4.78 is 6.61. The Bertz CT molecular complexity index is 740. The Morgan fingerprint density at radius 3 is 2.50 bits per heavy atom. The molecule has 0 fully saturated rings. The Hall–Kier alpha value is -2.37. The number of nitrogens with two attached hydrogens (primary N) is 1. The molecular formula is C12H13N5O. The van der Waals surface area contributed by atoms with Crippen LogP contribution in [0.4, 0.5) is 5.69 Å². The van der Waals surface area contributed by atoms with Crippen molar-refractivity contribution in [2.45, 2.75) is 20.8 Å². The molecule has 0 radical (unpaired) electrons. The molecule has 3 aromatic rings. The molecule has 0 spiro atoms. The van der Waals surface area contributed by atoms with E-state index in [2.05, 4.69) is 15.4 Å². The van der Waals surface area contributed by atoms with Gasteiger partial charge in [0.2, 0.25) is 0 Å². The molecule has 0 amide bonds. The zero-order valence-electron chi connectivity index (χ0n) is 10.4. The van der Waals surface area contributed by atoms with E-state index in [9.17, 15) is 0 Å². The maximum atomic E-state index is 5.83. The second-order valence-corrected chi connectivity index (χ2v) is 4.34. The number of aromatic nitrogens is 4. The molecule has 0 saturated heterocycles. The third kappa shape index (κ3) is 1.32. The number of rotatable bonds is 1. The summed E-state index contributed by atoms with van der Waals surface area (Å²) in [5.41, 5.74) is 11.6. The highest BCUT2D eigenvalue weighted by Gasteiger charge is 2.15. The van der Waals surface area contributed by atoms with Crippen molar-refractivity contribution in [2.24, 2.45) is 0 Å². The molecule has 92 valence electrons. The Morgan fingerprint density at radius 1 is 1.11 bits per heavy atom. The third-order valence-electron chi connectivity index (χ3n) is 3.31. The van der Waals surface area contributed by atoms with Gasteiger partial charge in [-0.1, -0.05) is 0 Å². The van der Waals surface area contributed by atoms with E-state index < -0.39 is 0 Å². The van der Waals surface area contributed by atoms with E-state index in [1.165, 1.54) is 0 Å². The molecule has 0 aliphatic rings. The van der Waals surface area contributed by atoms with Gasteiger partial charge in [-0.15, -0.1) is 0 Å². The van der Waals surface area contributed by atoms with E-state index in [1.807, 2.05) is 31.5 Å². The fraction of sp³-hybridized carbons (Fsp3) is 0.250. The van der Waals surface area contributed by atoms with Crippen molar-refractivity contribution in [3.05, 3.63) is 29.1 Å². The Morgan fingerprint density at radius 2 is 1.83 bits per heavy atom. The number of hydrogen-bond acceptors (Lipinski definition) is 5. The van der Waals surface area contributed by atoms with Crippen LogP contribution >= 0.6 is 0 Å². The quantitative estimate of drug-likeness (QED) is 0.660. The summed E-state index contributed by atoms with van der Waals surface area (Å²) in [5, 5.41) is 12.2. The van der Waals surface area contributed by atoms with Gasteiger partial charge >= 0.3 is 0 Å². The van der Waals surface area contributed by atoms with Gasteiger partial charge in [0, 0.05) is 5.69 Å².